The molecular weight excluding hydrogens is 220 g/mol. The maximum atomic E-state index is 5.68. The normalized spacial score (nSPS) is 10.7. The zero-order chi connectivity index (χ0) is 10.1. The second-order valence-electron chi connectivity index (χ2n) is 2.61. The van der Waals surface area contributed by atoms with Crippen molar-refractivity contribution in [2.75, 3.05) is 5.84 Å². The van der Waals surface area contributed by atoms with E-state index in [2.05, 4.69) is 19.6 Å². The molecule has 74 valence electrons. The van der Waals surface area contributed by atoms with Gasteiger partial charge in [-0.15, -0.1) is 10.2 Å². The fraction of sp³-hybridized carbons (Fsp3) is 0.333. The van der Waals surface area contributed by atoms with Crippen LogP contribution >= 0.6 is 23.3 Å². The van der Waals surface area contributed by atoms with Crippen molar-refractivity contribution in [3.63, 3.8) is 0 Å². The molecule has 0 aromatic carbocycles. The van der Waals surface area contributed by atoms with E-state index in [4.69, 9.17) is 5.84 Å². The van der Waals surface area contributed by atoms with Crippen molar-refractivity contribution in [1.82, 2.24) is 24.2 Å². The van der Waals surface area contributed by atoms with Gasteiger partial charge in [0.1, 0.15) is 11.6 Å². The van der Waals surface area contributed by atoms with Gasteiger partial charge in [-0.25, -0.2) is 9.66 Å². The first-order valence-corrected chi connectivity index (χ1v) is 5.41. The van der Waals surface area contributed by atoms with Gasteiger partial charge in [-0.3, -0.25) is 0 Å². The van der Waals surface area contributed by atoms with Crippen LogP contribution in [0.4, 0.5) is 0 Å². The van der Waals surface area contributed by atoms with E-state index >= 15 is 0 Å². The Bertz CT molecular complexity index is 447. The van der Waals surface area contributed by atoms with Crippen LogP contribution < -0.4 is 5.84 Å². The Labute approximate surface area is 88.7 Å². The molecule has 0 aliphatic heterocycles. The first kappa shape index (κ1) is 9.41. The lowest BCUT2D eigenvalue weighted by atomic mass is 10.7. The Morgan fingerprint density at radius 1 is 1.36 bits per heavy atom. The Morgan fingerprint density at radius 2 is 2.14 bits per heavy atom. The molecule has 2 heterocycles. The van der Waals surface area contributed by atoms with Crippen molar-refractivity contribution in [2.24, 2.45) is 0 Å². The van der Waals surface area contributed by atoms with Crippen LogP contribution in [0.25, 0.3) is 0 Å². The zero-order valence-electron chi connectivity index (χ0n) is 7.63. The van der Waals surface area contributed by atoms with Crippen LogP contribution in [0.5, 0.6) is 0 Å². The number of hydrogen-bond donors (Lipinski definition) is 1. The molecule has 2 aromatic rings. The van der Waals surface area contributed by atoms with Crippen LogP contribution in [-0.4, -0.2) is 24.2 Å². The monoisotopic (exact) mass is 228 g/mol. The highest BCUT2D eigenvalue weighted by molar-refractivity contribution is 8.00. The topological polar surface area (TPSA) is 82.5 Å². The summed E-state index contributed by atoms with van der Waals surface area (Å²) in [6.07, 6.45) is 0. The summed E-state index contributed by atoms with van der Waals surface area (Å²) < 4.78 is 6.31. The molecule has 0 bridgehead atoms. The summed E-state index contributed by atoms with van der Waals surface area (Å²) >= 11 is 2.69. The summed E-state index contributed by atoms with van der Waals surface area (Å²) in [5, 5.41) is 8.38. The van der Waals surface area contributed by atoms with Crippen LogP contribution in [0.3, 0.4) is 0 Å². The maximum Gasteiger partial charge on any atom is 0.216 e. The minimum Gasteiger partial charge on any atom is -0.336 e. The fourth-order valence-corrected chi connectivity index (χ4v) is 2.37. The van der Waals surface area contributed by atoms with Gasteiger partial charge >= 0.3 is 0 Å². The standard InChI is InChI=1S/C6H8N6S2/c1-3-8-6(14-11-3)13-5-10-9-4(2)12(5)7/h7H2,1-2H3. The molecule has 2 aromatic heterocycles. The van der Waals surface area contributed by atoms with E-state index in [1.165, 1.54) is 28.0 Å². The summed E-state index contributed by atoms with van der Waals surface area (Å²) in [4.78, 5) is 4.19. The Kier molecular flexibility index (Phi) is 2.38. The predicted molar refractivity (Wildman–Crippen MR) is 53.7 cm³/mol. The number of nitrogens with two attached hydrogens (primary N) is 1. The van der Waals surface area contributed by atoms with E-state index in [0.717, 1.165) is 10.2 Å². The SMILES string of the molecule is Cc1nsc(Sc2nnc(C)n2N)n1. The predicted octanol–water partition coefficient (Wildman–Crippen LogP) is 0.611. The number of aryl methyl sites for hydroxylation is 2. The average Bonchev–Trinajstić information content (AvgIpc) is 2.67. The molecule has 0 spiro atoms. The van der Waals surface area contributed by atoms with Gasteiger partial charge in [0, 0.05) is 0 Å². The number of aromatic nitrogens is 5. The second-order valence-corrected chi connectivity index (χ2v) is 4.58. The second kappa shape index (κ2) is 3.54. The molecule has 0 radical (unpaired) electrons. The van der Waals surface area contributed by atoms with Gasteiger partial charge in [-0.05, 0) is 37.1 Å². The Balaban J connectivity index is 2.22. The first-order valence-electron chi connectivity index (χ1n) is 3.82. The third kappa shape index (κ3) is 1.70. The smallest absolute Gasteiger partial charge is 0.216 e. The molecular formula is C6H8N6S2. The molecule has 2 N–H and O–H groups in total. The lowest BCUT2D eigenvalue weighted by Gasteiger charge is -1.96. The van der Waals surface area contributed by atoms with Crippen LogP contribution in [0.1, 0.15) is 11.6 Å². The van der Waals surface area contributed by atoms with Crippen molar-refractivity contribution >= 4 is 23.3 Å². The Hall–Kier alpha value is -1.15. The van der Waals surface area contributed by atoms with Crippen molar-refractivity contribution in [2.45, 2.75) is 23.3 Å². The lowest BCUT2D eigenvalue weighted by molar-refractivity contribution is 0.824. The lowest BCUT2D eigenvalue weighted by Crippen LogP contribution is -2.11. The number of nitrogen functional groups attached to an aromatic ring is 1. The highest BCUT2D eigenvalue weighted by Crippen LogP contribution is 2.26. The molecule has 8 heteroatoms. The first-order chi connectivity index (χ1) is 6.66. The largest absolute Gasteiger partial charge is 0.336 e. The number of hydrogen-bond acceptors (Lipinski definition) is 7. The van der Waals surface area contributed by atoms with Gasteiger partial charge in [0.25, 0.3) is 0 Å². The van der Waals surface area contributed by atoms with E-state index < -0.39 is 0 Å². The molecule has 0 amide bonds. The van der Waals surface area contributed by atoms with Gasteiger partial charge < -0.3 is 5.84 Å². The van der Waals surface area contributed by atoms with Gasteiger partial charge in [0.2, 0.25) is 5.16 Å². The molecule has 6 nitrogen and oxygen atoms in total. The molecule has 14 heavy (non-hydrogen) atoms. The van der Waals surface area contributed by atoms with Crippen molar-refractivity contribution in [1.29, 1.82) is 0 Å². The summed E-state index contributed by atoms with van der Waals surface area (Å²) in [5.74, 6) is 7.12. The summed E-state index contributed by atoms with van der Waals surface area (Å²) in [5.41, 5.74) is 0. The molecule has 0 saturated heterocycles. The van der Waals surface area contributed by atoms with E-state index in [1.807, 2.05) is 6.92 Å². The maximum absolute atomic E-state index is 5.68. The minimum absolute atomic E-state index is 0.624. The summed E-state index contributed by atoms with van der Waals surface area (Å²) in [6.45, 7) is 3.64. The molecule has 2 rings (SSSR count). The molecule has 0 saturated carbocycles. The number of nitrogens with zero attached hydrogens (tertiary/aromatic N) is 5. The van der Waals surface area contributed by atoms with Crippen LogP contribution in [-0.2, 0) is 0 Å². The quantitative estimate of drug-likeness (QED) is 0.758. The van der Waals surface area contributed by atoms with E-state index in [-0.39, 0.29) is 0 Å². The molecule has 0 fully saturated rings. The van der Waals surface area contributed by atoms with E-state index in [0.29, 0.717) is 11.0 Å². The van der Waals surface area contributed by atoms with Crippen molar-refractivity contribution < 1.29 is 0 Å². The van der Waals surface area contributed by atoms with Gasteiger partial charge in [-0.1, -0.05) is 0 Å². The molecule has 0 atom stereocenters. The van der Waals surface area contributed by atoms with Crippen LogP contribution in [0.15, 0.2) is 9.50 Å². The third-order valence-electron chi connectivity index (χ3n) is 1.52. The zero-order valence-corrected chi connectivity index (χ0v) is 9.26. The van der Waals surface area contributed by atoms with Crippen LogP contribution in [0.2, 0.25) is 0 Å². The van der Waals surface area contributed by atoms with Gasteiger partial charge in [0.05, 0.1) is 0 Å². The highest BCUT2D eigenvalue weighted by atomic mass is 32.2. The number of rotatable bonds is 2. The molecule has 0 aliphatic carbocycles. The molecule has 0 aliphatic rings. The highest BCUT2D eigenvalue weighted by Gasteiger charge is 2.10. The van der Waals surface area contributed by atoms with Gasteiger partial charge in [0.15, 0.2) is 4.34 Å². The summed E-state index contributed by atoms with van der Waals surface area (Å²) in [6, 6.07) is 0. The average molecular weight is 228 g/mol. The fourth-order valence-electron chi connectivity index (χ4n) is 0.817. The van der Waals surface area contributed by atoms with Gasteiger partial charge in [-0.2, -0.15) is 4.37 Å². The third-order valence-corrected chi connectivity index (χ3v) is 3.33. The van der Waals surface area contributed by atoms with Crippen LogP contribution in [0, 0.1) is 13.8 Å². The molecule has 0 unspecified atom stereocenters. The van der Waals surface area contributed by atoms with Crippen molar-refractivity contribution in [3.8, 4) is 0 Å². The van der Waals surface area contributed by atoms with Crippen molar-refractivity contribution in [3.05, 3.63) is 11.6 Å². The van der Waals surface area contributed by atoms with E-state index in [1.54, 1.807) is 6.92 Å². The summed E-state index contributed by atoms with van der Waals surface area (Å²) in [7, 11) is 0. The van der Waals surface area contributed by atoms with E-state index in [9.17, 15) is 0 Å². The Morgan fingerprint density at radius 3 is 2.64 bits per heavy atom. The minimum atomic E-state index is 0.624.